The number of Topliss-reactive ketones (excluding diaryl/α,β-unsaturated/α-hetero) is 1. The maximum atomic E-state index is 11.0. The molecule has 0 unspecified atom stereocenters. The number of aromatic hydroxyl groups is 1. The van der Waals surface area contributed by atoms with Gasteiger partial charge in [-0.1, -0.05) is 18.2 Å². The summed E-state index contributed by atoms with van der Waals surface area (Å²) in [6.07, 6.45) is 4.88. The molecular formula is C17H16N2O2S2. The first kappa shape index (κ1) is 15.8. The lowest BCUT2D eigenvalue weighted by Crippen LogP contribution is -2.00. The van der Waals surface area contributed by atoms with Crippen molar-refractivity contribution in [2.45, 2.75) is 26.3 Å². The molecule has 0 saturated heterocycles. The number of nitrogens with zero attached hydrogens (tertiary/aromatic N) is 2. The number of hydrogen-bond acceptors (Lipinski definition) is 5. The Hall–Kier alpha value is -2.05. The standard InChI is InChI=1S/C17H16N2O2S2/c1-11(20)5-4-8-19-16(21)15(23-17(19)22)9-12-10-18-14-7-3-2-6-13(12)14/h2-3,6-7,9-10,21H,4-5,8H2,1H3. The molecule has 23 heavy (non-hydrogen) atoms. The largest absolute Gasteiger partial charge is 0.493 e. The van der Waals surface area contributed by atoms with Gasteiger partial charge in [0.15, 0.2) is 3.95 Å². The summed E-state index contributed by atoms with van der Waals surface area (Å²) < 4.78 is 2.30. The van der Waals surface area contributed by atoms with Gasteiger partial charge in [-0.25, -0.2) is 0 Å². The van der Waals surface area contributed by atoms with Crippen LogP contribution in [-0.4, -0.2) is 21.7 Å². The van der Waals surface area contributed by atoms with Gasteiger partial charge in [0, 0.05) is 30.3 Å². The van der Waals surface area contributed by atoms with E-state index in [0.717, 1.165) is 21.7 Å². The number of thiazole rings is 1. The summed E-state index contributed by atoms with van der Waals surface area (Å²) in [7, 11) is 0. The molecule has 0 radical (unpaired) electrons. The number of carbonyl (C=O) groups excluding carboxylic acids is 1. The van der Waals surface area contributed by atoms with Gasteiger partial charge < -0.3 is 9.90 Å². The SMILES string of the molecule is CC(=O)CCCn1c(O)c(C=C2C=Nc3ccccc32)sc1=S. The molecule has 1 aromatic heterocycles. The summed E-state index contributed by atoms with van der Waals surface area (Å²) in [5.41, 5.74) is 2.94. The smallest absolute Gasteiger partial charge is 0.210 e. The van der Waals surface area contributed by atoms with Gasteiger partial charge in [-0.2, -0.15) is 0 Å². The second-order valence-corrected chi connectivity index (χ2v) is 7.06. The monoisotopic (exact) mass is 344 g/mol. The maximum Gasteiger partial charge on any atom is 0.210 e. The molecule has 3 rings (SSSR count). The third kappa shape index (κ3) is 3.33. The Kier molecular flexibility index (Phi) is 4.54. The highest BCUT2D eigenvalue weighted by atomic mass is 32.1. The molecule has 0 amide bonds. The quantitative estimate of drug-likeness (QED) is 0.806. The van der Waals surface area contributed by atoms with Gasteiger partial charge in [-0.15, -0.1) is 11.3 Å². The molecular weight excluding hydrogens is 328 g/mol. The van der Waals surface area contributed by atoms with E-state index in [4.69, 9.17) is 12.2 Å². The van der Waals surface area contributed by atoms with Crippen molar-refractivity contribution in [3.05, 3.63) is 38.7 Å². The fourth-order valence-electron chi connectivity index (χ4n) is 2.49. The summed E-state index contributed by atoms with van der Waals surface area (Å²) >= 11 is 6.70. The minimum absolute atomic E-state index is 0.146. The average Bonchev–Trinajstić information content (AvgIpc) is 3.04. The summed E-state index contributed by atoms with van der Waals surface area (Å²) in [5.74, 6) is 0.307. The molecule has 1 N–H and O–H groups in total. The van der Waals surface area contributed by atoms with Crippen molar-refractivity contribution in [2.24, 2.45) is 4.99 Å². The highest BCUT2D eigenvalue weighted by molar-refractivity contribution is 7.73. The summed E-state index contributed by atoms with van der Waals surface area (Å²) in [4.78, 5) is 16.1. The van der Waals surface area contributed by atoms with Crippen molar-refractivity contribution in [3.8, 4) is 5.88 Å². The van der Waals surface area contributed by atoms with Crippen LogP contribution in [0.3, 0.4) is 0 Å². The first-order valence-corrected chi connectivity index (χ1v) is 8.56. The van der Waals surface area contributed by atoms with E-state index in [1.807, 2.05) is 30.3 Å². The van der Waals surface area contributed by atoms with E-state index in [9.17, 15) is 9.90 Å². The Balaban J connectivity index is 1.88. The van der Waals surface area contributed by atoms with Crippen molar-refractivity contribution < 1.29 is 9.90 Å². The van der Waals surface area contributed by atoms with Crippen LogP contribution in [0.1, 0.15) is 30.2 Å². The third-order valence-corrected chi connectivity index (χ3v) is 5.03. The van der Waals surface area contributed by atoms with Crippen LogP contribution in [0, 0.1) is 3.95 Å². The number of aromatic nitrogens is 1. The highest BCUT2D eigenvalue weighted by Gasteiger charge is 2.15. The number of fused-ring (bicyclic) bond motifs is 1. The van der Waals surface area contributed by atoms with Crippen LogP contribution in [0.2, 0.25) is 0 Å². The zero-order valence-electron chi connectivity index (χ0n) is 12.7. The zero-order chi connectivity index (χ0) is 16.4. The van der Waals surface area contributed by atoms with Gasteiger partial charge in [-0.3, -0.25) is 9.56 Å². The summed E-state index contributed by atoms with van der Waals surface area (Å²) in [6, 6.07) is 7.89. The second-order valence-electron chi connectivity index (χ2n) is 5.39. The fraction of sp³-hybridized carbons (Fsp3) is 0.235. The number of ketones is 1. The average molecular weight is 344 g/mol. The van der Waals surface area contributed by atoms with Gasteiger partial charge in [0.1, 0.15) is 5.78 Å². The van der Waals surface area contributed by atoms with Gasteiger partial charge >= 0.3 is 0 Å². The first-order chi connectivity index (χ1) is 11.1. The number of rotatable bonds is 5. The van der Waals surface area contributed by atoms with E-state index in [1.54, 1.807) is 17.7 Å². The lowest BCUT2D eigenvalue weighted by molar-refractivity contribution is -0.117. The molecule has 118 valence electrons. The molecule has 1 aliphatic heterocycles. The van der Waals surface area contributed by atoms with Gasteiger partial charge in [-0.05, 0) is 37.7 Å². The lowest BCUT2D eigenvalue weighted by Gasteiger charge is -2.03. The topological polar surface area (TPSA) is 54.6 Å². The predicted molar refractivity (Wildman–Crippen MR) is 97.2 cm³/mol. The van der Waals surface area contributed by atoms with Crippen LogP contribution in [-0.2, 0) is 11.3 Å². The van der Waals surface area contributed by atoms with Gasteiger partial charge in [0.2, 0.25) is 5.88 Å². The van der Waals surface area contributed by atoms with Crippen molar-refractivity contribution in [1.29, 1.82) is 0 Å². The van der Waals surface area contributed by atoms with Crippen LogP contribution in [0.4, 0.5) is 5.69 Å². The molecule has 0 saturated carbocycles. The van der Waals surface area contributed by atoms with Gasteiger partial charge in [0.25, 0.3) is 0 Å². The Bertz CT molecular complexity index is 875. The fourth-order valence-corrected chi connectivity index (χ4v) is 3.80. The maximum absolute atomic E-state index is 11.0. The number of para-hydroxylation sites is 1. The predicted octanol–water partition coefficient (Wildman–Crippen LogP) is 4.61. The van der Waals surface area contributed by atoms with E-state index in [-0.39, 0.29) is 11.7 Å². The second kappa shape index (κ2) is 6.60. The lowest BCUT2D eigenvalue weighted by atomic mass is 10.1. The molecule has 4 nitrogen and oxygen atoms in total. The number of benzene rings is 1. The first-order valence-electron chi connectivity index (χ1n) is 7.33. The molecule has 0 aliphatic carbocycles. The highest BCUT2D eigenvalue weighted by Crippen LogP contribution is 2.35. The van der Waals surface area contributed by atoms with Crippen molar-refractivity contribution in [2.75, 3.05) is 0 Å². The van der Waals surface area contributed by atoms with Crippen LogP contribution >= 0.6 is 23.6 Å². The molecule has 1 aliphatic rings. The number of allylic oxidation sites excluding steroid dienone is 1. The van der Waals surface area contributed by atoms with Crippen molar-refractivity contribution in [3.63, 3.8) is 0 Å². The third-order valence-electron chi connectivity index (χ3n) is 3.65. The summed E-state index contributed by atoms with van der Waals surface area (Å²) in [6.45, 7) is 2.12. The normalized spacial score (nSPS) is 14.4. The van der Waals surface area contributed by atoms with Crippen LogP contribution < -0.4 is 0 Å². The van der Waals surface area contributed by atoms with Crippen LogP contribution in [0.5, 0.6) is 5.88 Å². The molecule has 0 atom stereocenters. The van der Waals surface area contributed by atoms with Crippen LogP contribution in [0.15, 0.2) is 29.3 Å². The Labute approximate surface area is 143 Å². The zero-order valence-corrected chi connectivity index (χ0v) is 14.3. The number of aliphatic imine (C=N–C) groups is 1. The Morgan fingerprint density at radius 2 is 2.22 bits per heavy atom. The molecule has 0 spiro atoms. The van der Waals surface area contributed by atoms with Crippen molar-refractivity contribution >= 4 is 52.9 Å². The van der Waals surface area contributed by atoms with E-state index >= 15 is 0 Å². The minimum atomic E-state index is 0.146. The Morgan fingerprint density at radius 1 is 1.43 bits per heavy atom. The minimum Gasteiger partial charge on any atom is -0.493 e. The number of hydrogen-bond donors (Lipinski definition) is 1. The molecule has 2 heterocycles. The molecule has 6 heteroatoms. The molecule has 2 aromatic rings. The summed E-state index contributed by atoms with van der Waals surface area (Å²) in [5, 5.41) is 10.4. The van der Waals surface area contributed by atoms with E-state index in [2.05, 4.69) is 4.99 Å². The van der Waals surface area contributed by atoms with E-state index in [1.165, 1.54) is 11.3 Å². The molecule has 0 bridgehead atoms. The van der Waals surface area contributed by atoms with E-state index < -0.39 is 0 Å². The Morgan fingerprint density at radius 3 is 3.00 bits per heavy atom. The molecule has 0 fully saturated rings. The number of carbonyl (C=O) groups is 1. The van der Waals surface area contributed by atoms with Crippen molar-refractivity contribution in [1.82, 2.24) is 4.57 Å². The molecule has 1 aromatic carbocycles. The van der Waals surface area contributed by atoms with E-state index in [0.29, 0.717) is 23.3 Å². The van der Waals surface area contributed by atoms with Crippen LogP contribution in [0.25, 0.3) is 11.6 Å². The van der Waals surface area contributed by atoms with Gasteiger partial charge in [0.05, 0.1) is 10.6 Å².